The SMILES string of the molecule is COCCOCCOCCOc1ccc(-c2nccc(C(=O)OC)n2)cn1. The maximum atomic E-state index is 11.5. The number of hydrogen-bond acceptors (Lipinski definition) is 9. The van der Waals surface area contributed by atoms with E-state index in [1.807, 2.05) is 0 Å². The first-order valence-corrected chi connectivity index (χ1v) is 8.39. The molecular formula is C18H23N3O6. The third-order valence-electron chi connectivity index (χ3n) is 3.33. The van der Waals surface area contributed by atoms with E-state index in [1.165, 1.54) is 19.4 Å². The molecule has 0 fully saturated rings. The zero-order valence-electron chi connectivity index (χ0n) is 15.4. The zero-order chi connectivity index (χ0) is 19.3. The van der Waals surface area contributed by atoms with Crippen molar-refractivity contribution in [1.82, 2.24) is 15.0 Å². The summed E-state index contributed by atoms with van der Waals surface area (Å²) in [7, 11) is 2.93. The molecule has 0 saturated carbocycles. The lowest BCUT2D eigenvalue weighted by molar-refractivity contribution is 0.0176. The minimum atomic E-state index is -0.518. The normalized spacial score (nSPS) is 10.6. The molecule has 2 aromatic heterocycles. The molecule has 2 aromatic rings. The van der Waals surface area contributed by atoms with Crippen LogP contribution in [0.25, 0.3) is 11.4 Å². The molecule has 0 saturated heterocycles. The van der Waals surface area contributed by atoms with Crippen molar-refractivity contribution in [1.29, 1.82) is 0 Å². The molecule has 0 spiro atoms. The minimum absolute atomic E-state index is 0.186. The second-order valence-electron chi connectivity index (χ2n) is 5.21. The molecule has 0 aliphatic carbocycles. The molecule has 0 aliphatic heterocycles. The van der Waals surface area contributed by atoms with Gasteiger partial charge in [0.15, 0.2) is 11.5 Å². The Labute approximate surface area is 157 Å². The molecule has 27 heavy (non-hydrogen) atoms. The van der Waals surface area contributed by atoms with Gasteiger partial charge in [-0.15, -0.1) is 0 Å². The van der Waals surface area contributed by atoms with Gasteiger partial charge in [0.2, 0.25) is 5.88 Å². The number of nitrogens with zero attached hydrogens (tertiary/aromatic N) is 3. The summed E-state index contributed by atoms with van der Waals surface area (Å²) in [5.41, 5.74) is 0.851. The summed E-state index contributed by atoms with van der Waals surface area (Å²) in [6.07, 6.45) is 3.07. The summed E-state index contributed by atoms with van der Waals surface area (Å²) >= 11 is 0. The van der Waals surface area contributed by atoms with Crippen molar-refractivity contribution in [2.75, 3.05) is 53.9 Å². The molecule has 9 nitrogen and oxygen atoms in total. The topological polar surface area (TPSA) is 102 Å². The predicted molar refractivity (Wildman–Crippen MR) is 95.6 cm³/mol. The van der Waals surface area contributed by atoms with Gasteiger partial charge in [-0.1, -0.05) is 0 Å². The number of carbonyl (C=O) groups is 1. The minimum Gasteiger partial charge on any atom is -0.475 e. The van der Waals surface area contributed by atoms with E-state index in [2.05, 4.69) is 19.7 Å². The number of methoxy groups -OCH3 is 2. The van der Waals surface area contributed by atoms with Crippen molar-refractivity contribution in [3.05, 3.63) is 36.3 Å². The van der Waals surface area contributed by atoms with E-state index in [9.17, 15) is 4.79 Å². The van der Waals surface area contributed by atoms with Crippen molar-refractivity contribution in [3.8, 4) is 17.3 Å². The summed E-state index contributed by atoms with van der Waals surface area (Å²) in [5, 5.41) is 0. The van der Waals surface area contributed by atoms with Gasteiger partial charge in [-0.3, -0.25) is 0 Å². The van der Waals surface area contributed by atoms with Crippen LogP contribution >= 0.6 is 0 Å². The van der Waals surface area contributed by atoms with E-state index in [0.29, 0.717) is 56.9 Å². The average Bonchev–Trinajstić information content (AvgIpc) is 2.72. The van der Waals surface area contributed by atoms with E-state index in [1.54, 1.807) is 25.4 Å². The van der Waals surface area contributed by atoms with Crippen LogP contribution < -0.4 is 4.74 Å². The van der Waals surface area contributed by atoms with Gasteiger partial charge in [0.05, 0.1) is 40.1 Å². The lowest BCUT2D eigenvalue weighted by Crippen LogP contribution is -2.12. The Bertz CT molecular complexity index is 696. The zero-order valence-corrected chi connectivity index (χ0v) is 15.4. The van der Waals surface area contributed by atoms with Crippen molar-refractivity contribution < 1.29 is 28.5 Å². The molecule has 0 N–H and O–H groups in total. The van der Waals surface area contributed by atoms with Crippen molar-refractivity contribution in [2.24, 2.45) is 0 Å². The number of pyridine rings is 1. The fraction of sp³-hybridized carbons (Fsp3) is 0.444. The molecule has 0 aliphatic rings. The standard InChI is InChI=1S/C18H23N3O6/c1-23-7-8-25-9-10-26-11-12-27-16-4-3-14(13-20-16)17-19-6-5-15(21-17)18(22)24-2/h3-6,13H,7-12H2,1-2H3. The summed E-state index contributed by atoms with van der Waals surface area (Å²) in [6.45, 7) is 2.94. The Morgan fingerprint density at radius 2 is 1.67 bits per heavy atom. The van der Waals surface area contributed by atoms with Gasteiger partial charge in [0.25, 0.3) is 0 Å². The van der Waals surface area contributed by atoms with Crippen molar-refractivity contribution in [3.63, 3.8) is 0 Å². The first-order valence-electron chi connectivity index (χ1n) is 8.39. The van der Waals surface area contributed by atoms with E-state index in [4.69, 9.17) is 18.9 Å². The molecule has 0 atom stereocenters. The number of ether oxygens (including phenoxy) is 5. The van der Waals surface area contributed by atoms with Crippen LogP contribution in [0.3, 0.4) is 0 Å². The smallest absolute Gasteiger partial charge is 0.356 e. The lowest BCUT2D eigenvalue weighted by atomic mass is 10.2. The Hall–Kier alpha value is -2.62. The van der Waals surface area contributed by atoms with Crippen LogP contribution in [0.5, 0.6) is 5.88 Å². The molecule has 2 rings (SSSR count). The average molecular weight is 377 g/mol. The van der Waals surface area contributed by atoms with E-state index < -0.39 is 5.97 Å². The summed E-state index contributed by atoms with van der Waals surface area (Å²) < 4.78 is 25.7. The fourth-order valence-electron chi connectivity index (χ4n) is 1.98. The highest BCUT2D eigenvalue weighted by atomic mass is 16.6. The largest absolute Gasteiger partial charge is 0.475 e. The molecule has 0 unspecified atom stereocenters. The Morgan fingerprint density at radius 3 is 2.33 bits per heavy atom. The summed E-state index contributed by atoms with van der Waals surface area (Å²) in [6, 6.07) is 4.96. The Kier molecular flexibility index (Phi) is 9.11. The van der Waals surface area contributed by atoms with Crippen LogP contribution in [-0.2, 0) is 18.9 Å². The van der Waals surface area contributed by atoms with E-state index in [0.717, 1.165) is 0 Å². The highest BCUT2D eigenvalue weighted by molar-refractivity contribution is 5.87. The first-order chi connectivity index (χ1) is 13.2. The van der Waals surface area contributed by atoms with Gasteiger partial charge in [0, 0.05) is 31.1 Å². The number of aromatic nitrogens is 3. The molecule has 0 aromatic carbocycles. The van der Waals surface area contributed by atoms with Gasteiger partial charge < -0.3 is 23.7 Å². The van der Waals surface area contributed by atoms with Crippen LogP contribution in [-0.4, -0.2) is 74.8 Å². The Morgan fingerprint density at radius 1 is 0.926 bits per heavy atom. The second kappa shape index (κ2) is 11.9. The van der Waals surface area contributed by atoms with Crippen LogP contribution in [0, 0.1) is 0 Å². The molecule has 0 radical (unpaired) electrons. The predicted octanol–water partition coefficient (Wildman–Crippen LogP) is 1.38. The van der Waals surface area contributed by atoms with Crippen molar-refractivity contribution >= 4 is 5.97 Å². The first kappa shape index (κ1) is 20.7. The quantitative estimate of drug-likeness (QED) is 0.401. The summed E-state index contributed by atoms with van der Waals surface area (Å²) in [5.74, 6) is 0.326. The maximum Gasteiger partial charge on any atom is 0.356 e. The highest BCUT2D eigenvalue weighted by Gasteiger charge is 2.10. The van der Waals surface area contributed by atoms with Gasteiger partial charge >= 0.3 is 5.97 Å². The van der Waals surface area contributed by atoms with Gasteiger partial charge in [0.1, 0.15) is 6.61 Å². The third-order valence-corrected chi connectivity index (χ3v) is 3.33. The molecular weight excluding hydrogens is 354 g/mol. The number of hydrogen-bond donors (Lipinski definition) is 0. The summed E-state index contributed by atoms with van der Waals surface area (Å²) in [4.78, 5) is 24.0. The van der Waals surface area contributed by atoms with E-state index >= 15 is 0 Å². The van der Waals surface area contributed by atoms with Gasteiger partial charge in [-0.25, -0.2) is 19.7 Å². The number of rotatable bonds is 12. The van der Waals surface area contributed by atoms with Gasteiger partial charge in [-0.05, 0) is 12.1 Å². The lowest BCUT2D eigenvalue weighted by Gasteiger charge is -2.08. The molecule has 146 valence electrons. The van der Waals surface area contributed by atoms with Gasteiger partial charge in [-0.2, -0.15) is 0 Å². The van der Waals surface area contributed by atoms with Crippen molar-refractivity contribution in [2.45, 2.75) is 0 Å². The fourth-order valence-corrected chi connectivity index (χ4v) is 1.98. The van der Waals surface area contributed by atoms with Crippen LogP contribution in [0.2, 0.25) is 0 Å². The van der Waals surface area contributed by atoms with Crippen LogP contribution in [0.4, 0.5) is 0 Å². The number of carbonyl (C=O) groups excluding carboxylic acids is 1. The van der Waals surface area contributed by atoms with E-state index in [-0.39, 0.29) is 5.69 Å². The van der Waals surface area contributed by atoms with Crippen LogP contribution in [0.1, 0.15) is 10.5 Å². The third kappa shape index (κ3) is 7.26. The maximum absolute atomic E-state index is 11.5. The second-order valence-corrected chi connectivity index (χ2v) is 5.21. The number of esters is 1. The molecule has 2 heterocycles. The monoisotopic (exact) mass is 377 g/mol. The molecule has 0 bridgehead atoms. The molecule has 0 amide bonds. The Balaban J connectivity index is 1.73. The highest BCUT2D eigenvalue weighted by Crippen LogP contribution is 2.16. The van der Waals surface area contributed by atoms with Crippen LogP contribution in [0.15, 0.2) is 30.6 Å². The molecule has 9 heteroatoms.